The number of nitrogens with zero attached hydrogens (tertiary/aromatic N) is 1. The van der Waals surface area contributed by atoms with Gasteiger partial charge in [-0.25, -0.2) is 13.4 Å². The predicted molar refractivity (Wildman–Crippen MR) is 77.6 cm³/mol. The van der Waals surface area contributed by atoms with Gasteiger partial charge in [0.25, 0.3) is 0 Å². The van der Waals surface area contributed by atoms with Gasteiger partial charge in [0.1, 0.15) is 4.60 Å². The average molecular weight is 363 g/mol. The number of carbonyl (C=O) groups is 1. The van der Waals surface area contributed by atoms with E-state index in [1.54, 1.807) is 12.1 Å². The largest absolute Gasteiger partial charge is 0.469 e. The van der Waals surface area contributed by atoms with Crippen LogP contribution < -0.4 is 4.72 Å². The Kier molecular flexibility index (Phi) is 4.64. The molecule has 0 radical (unpaired) electrons. The number of anilines is 1. The summed E-state index contributed by atoms with van der Waals surface area (Å²) in [6, 6.07) is 3.25. The van der Waals surface area contributed by atoms with E-state index < -0.39 is 27.2 Å². The van der Waals surface area contributed by atoms with Crippen molar-refractivity contribution in [2.45, 2.75) is 24.5 Å². The molecule has 1 heterocycles. The molecular formula is C12H15BrN2O4S. The van der Waals surface area contributed by atoms with Crippen LogP contribution in [0.2, 0.25) is 0 Å². The number of ether oxygens (including phenoxy) is 1. The third kappa shape index (κ3) is 3.29. The third-order valence-electron chi connectivity index (χ3n) is 3.34. The van der Waals surface area contributed by atoms with Gasteiger partial charge in [-0.3, -0.25) is 9.52 Å². The predicted octanol–water partition coefficient (Wildman–Crippen LogP) is 1.93. The smallest absolute Gasteiger partial charge is 0.310 e. The Hall–Kier alpha value is -1.15. The summed E-state index contributed by atoms with van der Waals surface area (Å²) in [5.74, 6) is -1.06. The Morgan fingerprint density at radius 3 is 2.80 bits per heavy atom. The molecule has 0 aromatic carbocycles. The standard InChI is InChI=1S/C12H15BrN2O4S/c1-19-12(16)9-3-2-4-10(9)20(17,18)15-8-5-6-11(13)14-7-8/h5-7,9-10,15H,2-4H2,1H3. The first-order chi connectivity index (χ1) is 9.44. The van der Waals surface area contributed by atoms with Gasteiger partial charge in [-0.1, -0.05) is 6.42 Å². The van der Waals surface area contributed by atoms with Crippen LogP contribution in [0.25, 0.3) is 0 Å². The molecule has 0 saturated heterocycles. The summed E-state index contributed by atoms with van der Waals surface area (Å²) in [4.78, 5) is 15.6. The van der Waals surface area contributed by atoms with Crippen LogP contribution in [0.15, 0.2) is 22.9 Å². The fourth-order valence-electron chi connectivity index (χ4n) is 2.39. The quantitative estimate of drug-likeness (QED) is 0.653. The van der Waals surface area contributed by atoms with Crippen LogP contribution >= 0.6 is 15.9 Å². The van der Waals surface area contributed by atoms with Crippen molar-refractivity contribution in [2.75, 3.05) is 11.8 Å². The van der Waals surface area contributed by atoms with Gasteiger partial charge >= 0.3 is 5.97 Å². The molecule has 0 aliphatic heterocycles. The Morgan fingerprint density at radius 2 is 2.20 bits per heavy atom. The number of hydrogen-bond donors (Lipinski definition) is 1. The number of methoxy groups -OCH3 is 1. The van der Waals surface area contributed by atoms with Gasteiger partial charge in [-0.2, -0.15) is 0 Å². The second kappa shape index (κ2) is 6.09. The van der Waals surface area contributed by atoms with Crippen LogP contribution in [0.1, 0.15) is 19.3 Å². The molecule has 6 nitrogen and oxygen atoms in total. The third-order valence-corrected chi connectivity index (χ3v) is 5.69. The summed E-state index contributed by atoms with van der Waals surface area (Å²) >= 11 is 3.18. The van der Waals surface area contributed by atoms with Gasteiger partial charge in [0, 0.05) is 0 Å². The van der Waals surface area contributed by atoms with Crippen molar-refractivity contribution in [1.82, 2.24) is 4.98 Å². The van der Waals surface area contributed by atoms with Gasteiger partial charge < -0.3 is 4.74 Å². The van der Waals surface area contributed by atoms with Crippen molar-refractivity contribution >= 4 is 37.6 Å². The second-order valence-corrected chi connectivity index (χ2v) is 7.33. The average Bonchev–Trinajstić information content (AvgIpc) is 2.90. The molecule has 0 bridgehead atoms. The zero-order valence-electron chi connectivity index (χ0n) is 10.9. The number of rotatable bonds is 4. The summed E-state index contributed by atoms with van der Waals surface area (Å²) in [7, 11) is -2.36. The SMILES string of the molecule is COC(=O)C1CCCC1S(=O)(=O)Nc1ccc(Br)nc1. The molecule has 2 atom stereocenters. The van der Waals surface area contributed by atoms with E-state index in [1.807, 2.05) is 0 Å². The first-order valence-electron chi connectivity index (χ1n) is 6.15. The van der Waals surface area contributed by atoms with Crippen molar-refractivity contribution < 1.29 is 17.9 Å². The number of esters is 1. The molecule has 1 fully saturated rings. The van der Waals surface area contributed by atoms with Crippen molar-refractivity contribution in [3.05, 3.63) is 22.9 Å². The van der Waals surface area contributed by atoms with E-state index in [0.29, 0.717) is 29.6 Å². The molecule has 1 aromatic heterocycles. The zero-order valence-corrected chi connectivity index (χ0v) is 13.3. The molecule has 1 aromatic rings. The van der Waals surface area contributed by atoms with Crippen LogP contribution in [-0.2, 0) is 19.6 Å². The Labute approximate surface area is 126 Å². The summed E-state index contributed by atoms with van der Waals surface area (Å²) < 4.78 is 32.5. The minimum atomic E-state index is -3.64. The number of halogens is 1. The summed E-state index contributed by atoms with van der Waals surface area (Å²) in [6.45, 7) is 0. The lowest BCUT2D eigenvalue weighted by Gasteiger charge is -2.18. The normalized spacial score (nSPS) is 22.5. The maximum atomic E-state index is 12.4. The van der Waals surface area contributed by atoms with E-state index in [2.05, 4.69) is 30.4 Å². The molecule has 1 aliphatic rings. The molecule has 1 aliphatic carbocycles. The monoisotopic (exact) mass is 362 g/mol. The number of hydrogen-bond acceptors (Lipinski definition) is 5. The first kappa shape index (κ1) is 15.2. The number of sulfonamides is 1. The molecule has 0 spiro atoms. The van der Waals surface area contributed by atoms with E-state index in [0.717, 1.165) is 0 Å². The van der Waals surface area contributed by atoms with E-state index in [-0.39, 0.29) is 0 Å². The fraction of sp³-hybridized carbons (Fsp3) is 0.500. The lowest BCUT2D eigenvalue weighted by molar-refractivity contribution is -0.145. The molecule has 1 N–H and O–H groups in total. The van der Waals surface area contributed by atoms with Crippen LogP contribution in [0.3, 0.4) is 0 Å². The zero-order chi connectivity index (χ0) is 14.8. The highest BCUT2D eigenvalue weighted by atomic mass is 79.9. The summed E-state index contributed by atoms with van der Waals surface area (Å²) in [5, 5.41) is -0.751. The lowest BCUT2D eigenvalue weighted by Crippen LogP contribution is -2.35. The van der Waals surface area contributed by atoms with Gasteiger partial charge in [0.2, 0.25) is 10.0 Å². The second-order valence-electron chi connectivity index (χ2n) is 4.62. The molecule has 8 heteroatoms. The van der Waals surface area contributed by atoms with E-state index >= 15 is 0 Å². The van der Waals surface area contributed by atoms with Crippen LogP contribution in [0.5, 0.6) is 0 Å². The van der Waals surface area contributed by atoms with Crippen molar-refractivity contribution in [3.8, 4) is 0 Å². The molecule has 110 valence electrons. The number of carbonyl (C=O) groups excluding carboxylic acids is 1. The van der Waals surface area contributed by atoms with E-state index in [4.69, 9.17) is 0 Å². The number of nitrogens with one attached hydrogen (secondary N) is 1. The van der Waals surface area contributed by atoms with Crippen LogP contribution in [0.4, 0.5) is 5.69 Å². The molecule has 20 heavy (non-hydrogen) atoms. The Morgan fingerprint density at radius 1 is 1.45 bits per heavy atom. The Balaban J connectivity index is 2.17. The number of aromatic nitrogens is 1. The van der Waals surface area contributed by atoms with E-state index in [9.17, 15) is 13.2 Å². The van der Waals surface area contributed by atoms with Crippen LogP contribution in [-0.4, -0.2) is 31.7 Å². The minimum absolute atomic E-state index is 0.378. The van der Waals surface area contributed by atoms with Crippen molar-refractivity contribution in [2.24, 2.45) is 5.92 Å². The highest BCUT2D eigenvalue weighted by Crippen LogP contribution is 2.32. The van der Waals surface area contributed by atoms with Gasteiger partial charge in [-0.15, -0.1) is 0 Å². The van der Waals surface area contributed by atoms with Crippen molar-refractivity contribution in [1.29, 1.82) is 0 Å². The molecule has 0 amide bonds. The van der Waals surface area contributed by atoms with Crippen molar-refractivity contribution in [3.63, 3.8) is 0 Å². The molecular weight excluding hydrogens is 348 g/mol. The Bertz CT molecular complexity index is 588. The maximum Gasteiger partial charge on any atom is 0.310 e. The van der Waals surface area contributed by atoms with Crippen LogP contribution in [0, 0.1) is 5.92 Å². The van der Waals surface area contributed by atoms with E-state index in [1.165, 1.54) is 13.3 Å². The van der Waals surface area contributed by atoms with Gasteiger partial charge in [0.15, 0.2) is 0 Å². The molecule has 2 rings (SSSR count). The fourth-order valence-corrected chi connectivity index (χ4v) is 4.39. The highest BCUT2D eigenvalue weighted by molar-refractivity contribution is 9.10. The van der Waals surface area contributed by atoms with Gasteiger partial charge in [-0.05, 0) is 40.9 Å². The topological polar surface area (TPSA) is 85.4 Å². The van der Waals surface area contributed by atoms with Gasteiger partial charge in [0.05, 0.1) is 30.2 Å². The minimum Gasteiger partial charge on any atom is -0.469 e. The number of pyridine rings is 1. The highest BCUT2D eigenvalue weighted by Gasteiger charge is 2.42. The first-order valence-corrected chi connectivity index (χ1v) is 8.49. The lowest BCUT2D eigenvalue weighted by atomic mass is 10.1. The molecule has 1 saturated carbocycles. The molecule has 2 unspecified atom stereocenters. The summed E-state index contributed by atoms with van der Waals surface area (Å²) in [6.07, 6.45) is 3.11. The summed E-state index contributed by atoms with van der Waals surface area (Å²) in [5.41, 5.74) is 0.378. The maximum absolute atomic E-state index is 12.4.